The number of pyridine rings is 1. The zero-order valence-corrected chi connectivity index (χ0v) is 9.82. The SMILES string of the molecule is Cc1cncc(N2CCC(NC3CC3)C2)c1. The van der Waals surface area contributed by atoms with Crippen molar-refractivity contribution in [3.05, 3.63) is 24.0 Å². The first-order valence-corrected chi connectivity index (χ1v) is 6.24. The monoisotopic (exact) mass is 217 g/mol. The van der Waals surface area contributed by atoms with Gasteiger partial charge in [-0.2, -0.15) is 0 Å². The average Bonchev–Trinajstić information content (AvgIpc) is 2.94. The molecule has 1 aliphatic carbocycles. The molecular weight excluding hydrogens is 198 g/mol. The highest BCUT2D eigenvalue weighted by atomic mass is 15.2. The van der Waals surface area contributed by atoms with Gasteiger partial charge < -0.3 is 10.2 Å². The molecule has 1 aliphatic heterocycles. The van der Waals surface area contributed by atoms with Crippen LogP contribution in [0.25, 0.3) is 0 Å². The van der Waals surface area contributed by atoms with Crippen LogP contribution in [0.5, 0.6) is 0 Å². The summed E-state index contributed by atoms with van der Waals surface area (Å²) in [6, 6.07) is 3.74. The Morgan fingerprint density at radius 2 is 2.12 bits per heavy atom. The predicted octanol–water partition coefficient (Wildman–Crippen LogP) is 1.72. The van der Waals surface area contributed by atoms with Gasteiger partial charge in [0.15, 0.2) is 0 Å². The summed E-state index contributed by atoms with van der Waals surface area (Å²) >= 11 is 0. The molecule has 0 amide bonds. The third-order valence-corrected chi connectivity index (χ3v) is 3.46. The Kier molecular flexibility index (Phi) is 2.56. The Hall–Kier alpha value is -1.09. The van der Waals surface area contributed by atoms with Gasteiger partial charge in [0.05, 0.1) is 11.9 Å². The lowest BCUT2D eigenvalue weighted by molar-refractivity contribution is 0.548. The second-order valence-corrected chi connectivity index (χ2v) is 5.09. The standard InChI is InChI=1S/C13H19N3/c1-10-6-13(8-14-7-10)16-5-4-12(9-16)15-11-2-3-11/h6-8,11-12,15H,2-5,9H2,1H3. The Morgan fingerprint density at radius 1 is 1.25 bits per heavy atom. The van der Waals surface area contributed by atoms with Crippen LogP contribution in [-0.2, 0) is 0 Å². The first kappa shape index (κ1) is 10.1. The van der Waals surface area contributed by atoms with E-state index in [2.05, 4.69) is 28.2 Å². The predicted molar refractivity (Wildman–Crippen MR) is 65.7 cm³/mol. The highest BCUT2D eigenvalue weighted by Gasteiger charge is 2.29. The molecule has 1 atom stereocenters. The van der Waals surface area contributed by atoms with E-state index in [-0.39, 0.29) is 0 Å². The van der Waals surface area contributed by atoms with Crippen molar-refractivity contribution in [3.8, 4) is 0 Å². The molecule has 3 nitrogen and oxygen atoms in total. The van der Waals surface area contributed by atoms with E-state index in [4.69, 9.17) is 0 Å². The molecule has 1 unspecified atom stereocenters. The van der Waals surface area contributed by atoms with Crippen molar-refractivity contribution in [1.29, 1.82) is 0 Å². The summed E-state index contributed by atoms with van der Waals surface area (Å²) in [7, 11) is 0. The maximum atomic E-state index is 4.27. The normalized spacial score (nSPS) is 25.1. The molecule has 16 heavy (non-hydrogen) atoms. The van der Waals surface area contributed by atoms with Crippen molar-refractivity contribution in [2.45, 2.75) is 38.3 Å². The van der Waals surface area contributed by atoms with Crippen molar-refractivity contribution < 1.29 is 0 Å². The minimum atomic E-state index is 0.688. The number of anilines is 1. The van der Waals surface area contributed by atoms with Gasteiger partial charge in [0.2, 0.25) is 0 Å². The fraction of sp³-hybridized carbons (Fsp3) is 0.615. The van der Waals surface area contributed by atoms with E-state index < -0.39 is 0 Å². The van der Waals surface area contributed by atoms with Gasteiger partial charge in [0.1, 0.15) is 0 Å². The lowest BCUT2D eigenvalue weighted by Gasteiger charge is -2.19. The molecular formula is C13H19N3. The minimum absolute atomic E-state index is 0.688. The zero-order chi connectivity index (χ0) is 11.0. The Bertz CT molecular complexity index is 373. The molecule has 1 N–H and O–H groups in total. The number of rotatable bonds is 3. The number of nitrogens with zero attached hydrogens (tertiary/aromatic N) is 2. The van der Waals surface area contributed by atoms with Gasteiger partial charge in [-0.1, -0.05) is 0 Å². The van der Waals surface area contributed by atoms with Crippen molar-refractivity contribution in [3.63, 3.8) is 0 Å². The van der Waals surface area contributed by atoms with E-state index >= 15 is 0 Å². The molecule has 3 heteroatoms. The van der Waals surface area contributed by atoms with E-state index in [1.807, 2.05) is 12.4 Å². The van der Waals surface area contributed by atoms with Gasteiger partial charge in [-0.15, -0.1) is 0 Å². The summed E-state index contributed by atoms with van der Waals surface area (Å²) in [5, 5.41) is 3.71. The Balaban J connectivity index is 1.63. The number of hydrogen-bond acceptors (Lipinski definition) is 3. The van der Waals surface area contributed by atoms with Crippen LogP contribution in [0.3, 0.4) is 0 Å². The van der Waals surface area contributed by atoms with Gasteiger partial charge in [-0.25, -0.2) is 0 Å². The lowest BCUT2D eigenvalue weighted by Crippen LogP contribution is -2.33. The summed E-state index contributed by atoms with van der Waals surface area (Å²) in [6.07, 6.45) is 7.92. The minimum Gasteiger partial charge on any atom is -0.369 e. The molecule has 1 saturated heterocycles. The van der Waals surface area contributed by atoms with E-state index in [1.165, 1.54) is 30.5 Å². The Labute approximate surface area is 96.9 Å². The summed E-state index contributed by atoms with van der Waals surface area (Å²) in [4.78, 5) is 6.71. The van der Waals surface area contributed by atoms with Crippen LogP contribution in [0.4, 0.5) is 5.69 Å². The molecule has 0 spiro atoms. The van der Waals surface area contributed by atoms with E-state index in [9.17, 15) is 0 Å². The largest absolute Gasteiger partial charge is 0.369 e. The fourth-order valence-electron chi connectivity index (χ4n) is 2.43. The van der Waals surface area contributed by atoms with E-state index in [0.717, 1.165) is 19.1 Å². The van der Waals surface area contributed by atoms with Crippen LogP contribution in [0.15, 0.2) is 18.5 Å². The van der Waals surface area contributed by atoms with Gasteiger partial charge in [0, 0.05) is 31.4 Å². The second-order valence-electron chi connectivity index (χ2n) is 5.09. The molecule has 1 aromatic rings. The molecule has 0 bridgehead atoms. The molecule has 2 fully saturated rings. The molecule has 86 valence electrons. The van der Waals surface area contributed by atoms with Crippen molar-refractivity contribution in [2.75, 3.05) is 18.0 Å². The number of aromatic nitrogens is 1. The van der Waals surface area contributed by atoms with Crippen LogP contribution in [0, 0.1) is 6.92 Å². The zero-order valence-electron chi connectivity index (χ0n) is 9.82. The third kappa shape index (κ3) is 2.19. The maximum absolute atomic E-state index is 4.27. The third-order valence-electron chi connectivity index (χ3n) is 3.46. The lowest BCUT2D eigenvalue weighted by atomic mass is 10.2. The smallest absolute Gasteiger partial charge is 0.0555 e. The van der Waals surface area contributed by atoms with Crippen molar-refractivity contribution >= 4 is 5.69 Å². The summed E-state index contributed by atoms with van der Waals surface area (Å²) in [5.74, 6) is 0. The fourth-order valence-corrected chi connectivity index (χ4v) is 2.43. The van der Waals surface area contributed by atoms with Gasteiger partial charge in [-0.05, 0) is 37.8 Å². The van der Waals surface area contributed by atoms with Crippen molar-refractivity contribution in [2.24, 2.45) is 0 Å². The van der Waals surface area contributed by atoms with Crippen molar-refractivity contribution in [1.82, 2.24) is 10.3 Å². The van der Waals surface area contributed by atoms with E-state index in [1.54, 1.807) is 0 Å². The van der Waals surface area contributed by atoms with Crippen LogP contribution in [0.1, 0.15) is 24.8 Å². The molecule has 0 radical (unpaired) electrons. The van der Waals surface area contributed by atoms with Gasteiger partial charge in [-0.3, -0.25) is 4.98 Å². The molecule has 1 saturated carbocycles. The molecule has 0 aromatic carbocycles. The Morgan fingerprint density at radius 3 is 2.88 bits per heavy atom. The number of nitrogens with one attached hydrogen (secondary N) is 1. The molecule has 2 heterocycles. The summed E-state index contributed by atoms with van der Waals surface area (Å²) in [6.45, 7) is 4.41. The number of aryl methyl sites for hydroxylation is 1. The van der Waals surface area contributed by atoms with Crippen LogP contribution >= 0.6 is 0 Å². The maximum Gasteiger partial charge on any atom is 0.0555 e. The van der Waals surface area contributed by atoms with Gasteiger partial charge >= 0.3 is 0 Å². The summed E-state index contributed by atoms with van der Waals surface area (Å²) < 4.78 is 0. The van der Waals surface area contributed by atoms with E-state index in [0.29, 0.717) is 6.04 Å². The molecule has 3 rings (SSSR count). The van der Waals surface area contributed by atoms with Crippen LogP contribution in [-0.4, -0.2) is 30.2 Å². The summed E-state index contributed by atoms with van der Waals surface area (Å²) in [5.41, 5.74) is 2.52. The quantitative estimate of drug-likeness (QED) is 0.835. The first-order chi connectivity index (χ1) is 7.81. The molecule has 1 aromatic heterocycles. The van der Waals surface area contributed by atoms with Crippen LogP contribution < -0.4 is 10.2 Å². The first-order valence-electron chi connectivity index (χ1n) is 6.24. The average molecular weight is 217 g/mol. The second kappa shape index (κ2) is 4.06. The topological polar surface area (TPSA) is 28.2 Å². The highest BCUT2D eigenvalue weighted by molar-refractivity contribution is 5.47. The van der Waals surface area contributed by atoms with Gasteiger partial charge in [0.25, 0.3) is 0 Å². The highest BCUT2D eigenvalue weighted by Crippen LogP contribution is 2.24. The number of hydrogen-bond donors (Lipinski definition) is 1. The molecule has 2 aliphatic rings. The van der Waals surface area contributed by atoms with Crippen LogP contribution in [0.2, 0.25) is 0 Å².